The van der Waals surface area contributed by atoms with Crippen molar-refractivity contribution in [2.45, 2.75) is 25.9 Å². The van der Waals surface area contributed by atoms with Crippen LogP contribution in [0.1, 0.15) is 24.5 Å². The first-order chi connectivity index (χ1) is 9.15. The van der Waals surface area contributed by atoms with Gasteiger partial charge in [0.2, 0.25) is 5.91 Å². The molecule has 5 heteroatoms. The van der Waals surface area contributed by atoms with Crippen LogP contribution in [0.2, 0.25) is 0 Å². The highest BCUT2D eigenvalue weighted by molar-refractivity contribution is 5.83. The van der Waals surface area contributed by atoms with Crippen LogP contribution in [0.4, 0.5) is 4.39 Å². The lowest BCUT2D eigenvalue weighted by molar-refractivity contribution is -0.123. The lowest BCUT2D eigenvalue weighted by atomic mass is 10.1. The molecule has 1 aromatic rings. The summed E-state index contributed by atoms with van der Waals surface area (Å²) in [7, 11) is 0. The number of hydrogen-bond acceptors (Lipinski definition) is 3. The van der Waals surface area contributed by atoms with E-state index in [0.717, 1.165) is 18.5 Å². The van der Waals surface area contributed by atoms with Crippen molar-refractivity contribution in [1.29, 1.82) is 5.26 Å². The van der Waals surface area contributed by atoms with Crippen molar-refractivity contribution in [3.05, 3.63) is 35.1 Å². The number of nitriles is 1. The fourth-order valence-corrected chi connectivity index (χ4v) is 2.36. The van der Waals surface area contributed by atoms with Crippen LogP contribution in [0.5, 0.6) is 0 Å². The lowest BCUT2D eigenvalue weighted by Crippen LogP contribution is -2.40. The van der Waals surface area contributed by atoms with Crippen molar-refractivity contribution in [1.82, 2.24) is 10.2 Å². The number of nitrogens with one attached hydrogen (secondary N) is 1. The number of carbonyl (C=O) groups excluding carboxylic acids is 1. The normalized spacial score (nSPS) is 18.4. The van der Waals surface area contributed by atoms with Gasteiger partial charge in [-0.1, -0.05) is 13.0 Å². The number of benzene rings is 1. The molecule has 1 N–H and O–H groups in total. The summed E-state index contributed by atoms with van der Waals surface area (Å²) in [5.41, 5.74) is 0.893. The molecular formula is C14H16FN3O. The summed E-state index contributed by atoms with van der Waals surface area (Å²) < 4.78 is 13.3. The Kier molecular flexibility index (Phi) is 4.13. The van der Waals surface area contributed by atoms with E-state index in [0.29, 0.717) is 13.1 Å². The molecule has 1 saturated heterocycles. The van der Waals surface area contributed by atoms with Gasteiger partial charge in [0.15, 0.2) is 0 Å². The first-order valence-corrected chi connectivity index (χ1v) is 6.36. The lowest BCUT2D eigenvalue weighted by Gasteiger charge is -2.25. The molecule has 0 unspecified atom stereocenters. The summed E-state index contributed by atoms with van der Waals surface area (Å²) in [6.45, 7) is 3.97. The molecule has 0 radical (unpaired) electrons. The molecule has 4 nitrogen and oxygen atoms in total. The molecule has 0 spiro atoms. The van der Waals surface area contributed by atoms with Crippen LogP contribution in [0.25, 0.3) is 0 Å². The second kappa shape index (κ2) is 5.81. The van der Waals surface area contributed by atoms with Gasteiger partial charge in [-0.25, -0.2) is 4.39 Å². The Labute approximate surface area is 111 Å². The van der Waals surface area contributed by atoms with E-state index in [9.17, 15) is 9.18 Å². The van der Waals surface area contributed by atoms with Crippen LogP contribution in [0, 0.1) is 17.1 Å². The Morgan fingerprint density at radius 1 is 1.58 bits per heavy atom. The predicted octanol–water partition coefficient (Wildman–Crippen LogP) is 1.41. The maximum atomic E-state index is 13.3. The topological polar surface area (TPSA) is 56.1 Å². The highest BCUT2D eigenvalue weighted by Crippen LogP contribution is 2.16. The van der Waals surface area contributed by atoms with Crippen molar-refractivity contribution in [3.63, 3.8) is 0 Å². The minimum absolute atomic E-state index is 0.0458. The Bertz CT molecular complexity index is 524. The van der Waals surface area contributed by atoms with E-state index in [4.69, 9.17) is 5.26 Å². The Morgan fingerprint density at radius 2 is 2.37 bits per heavy atom. The van der Waals surface area contributed by atoms with Crippen molar-refractivity contribution >= 4 is 5.91 Å². The second-order valence-corrected chi connectivity index (χ2v) is 4.58. The van der Waals surface area contributed by atoms with Crippen LogP contribution < -0.4 is 5.32 Å². The zero-order valence-electron chi connectivity index (χ0n) is 10.8. The molecule has 19 heavy (non-hydrogen) atoms. The predicted molar refractivity (Wildman–Crippen MR) is 68.6 cm³/mol. The molecule has 0 aromatic heterocycles. The van der Waals surface area contributed by atoms with E-state index >= 15 is 0 Å². The van der Waals surface area contributed by atoms with Gasteiger partial charge in [-0.05, 0) is 30.7 Å². The van der Waals surface area contributed by atoms with E-state index in [2.05, 4.69) is 5.32 Å². The molecule has 1 amide bonds. The third-order valence-electron chi connectivity index (χ3n) is 3.40. The molecule has 0 bridgehead atoms. The highest BCUT2D eigenvalue weighted by Gasteiger charge is 2.29. The first kappa shape index (κ1) is 13.5. The second-order valence-electron chi connectivity index (χ2n) is 4.58. The summed E-state index contributed by atoms with van der Waals surface area (Å²) in [6, 6.07) is 6.21. The van der Waals surface area contributed by atoms with Crippen LogP contribution in [0.3, 0.4) is 0 Å². The number of nitrogens with zero attached hydrogens (tertiary/aromatic N) is 2. The minimum atomic E-state index is -0.507. The fourth-order valence-electron chi connectivity index (χ4n) is 2.36. The van der Waals surface area contributed by atoms with Gasteiger partial charge in [-0.2, -0.15) is 5.26 Å². The van der Waals surface area contributed by atoms with Crippen LogP contribution in [-0.2, 0) is 11.3 Å². The van der Waals surface area contributed by atoms with Crippen molar-refractivity contribution < 1.29 is 9.18 Å². The average molecular weight is 261 g/mol. The Morgan fingerprint density at radius 3 is 2.95 bits per heavy atom. The Hall–Kier alpha value is -1.93. The third kappa shape index (κ3) is 2.91. The third-order valence-corrected chi connectivity index (χ3v) is 3.40. The molecule has 1 atom stereocenters. The van der Waals surface area contributed by atoms with E-state index in [1.165, 1.54) is 6.07 Å². The van der Waals surface area contributed by atoms with E-state index < -0.39 is 5.82 Å². The molecule has 1 aliphatic heterocycles. The number of rotatable bonds is 4. The number of hydrogen-bond donors (Lipinski definition) is 1. The highest BCUT2D eigenvalue weighted by atomic mass is 19.1. The van der Waals surface area contributed by atoms with Gasteiger partial charge < -0.3 is 5.32 Å². The summed E-state index contributed by atoms with van der Waals surface area (Å²) in [6.07, 6.45) is 0.791. The standard InChI is InChI=1S/C14H16FN3O/c1-2-18(13-5-6-17-14(13)19)9-10-3-4-12(15)11(7-10)8-16/h3-4,7,13H,2,5-6,9H2,1H3,(H,17,19)/t13-/m1/s1. The summed E-state index contributed by atoms with van der Waals surface area (Å²) in [4.78, 5) is 13.7. The monoisotopic (exact) mass is 261 g/mol. The molecule has 1 aromatic carbocycles. The first-order valence-electron chi connectivity index (χ1n) is 6.36. The van der Waals surface area contributed by atoms with E-state index in [-0.39, 0.29) is 17.5 Å². The smallest absolute Gasteiger partial charge is 0.237 e. The number of amides is 1. The van der Waals surface area contributed by atoms with Gasteiger partial charge in [-0.15, -0.1) is 0 Å². The maximum absolute atomic E-state index is 13.3. The van der Waals surface area contributed by atoms with Gasteiger partial charge in [0.25, 0.3) is 0 Å². The summed E-state index contributed by atoms with van der Waals surface area (Å²) in [5, 5.41) is 11.6. The molecule has 1 heterocycles. The van der Waals surface area contributed by atoms with Gasteiger partial charge >= 0.3 is 0 Å². The van der Waals surface area contributed by atoms with Gasteiger partial charge in [0.05, 0.1) is 11.6 Å². The molecule has 1 aliphatic rings. The summed E-state index contributed by atoms with van der Waals surface area (Å²) in [5.74, 6) is -0.461. The van der Waals surface area contributed by atoms with Crippen LogP contribution >= 0.6 is 0 Å². The van der Waals surface area contributed by atoms with Crippen molar-refractivity contribution in [2.75, 3.05) is 13.1 Å². The van der Waals surface area contributed by atoms with Crippen molar-refractivity contribution in [3.8, 4) is 6.07 Å². The van der Waals surface area contributed by atoms with Crippen molar-refractivity contribution in [2.24, 2.45) is 0 Å². The molecule has 1 fully saturated rings. The quantitative estimate of drug-likeness (QED) is 0.891. The van der Waals surface area contributed by atoms with Crippen LogP contribution in [0.15, 0.2) is 18.2 Å². The zero-order chi connectivity index (χ0) is 13.8. The molecule has 2 rings (SSSR count). The fraction of sp³-hybridized carbons (Fsp3) is 0.429. The molecule has 0 aliphatic carbocycles. The van der Waals surface area contributed by atoms with Gasteiger partial charge in [0, 0.05) is 13.1 Å². The molecule has 0 saturated carbocycles. The summed E-state index contributed by atoms with van der Waals surface area (Å²) >= 11 is 0. The Balaban J connectivity index is 2.14. The van der Waals surface area contributed by atoms with E-state index in [1.54, 1.807) is 12.1 Å². The largest absolute Gasteiger partial charge is 0.355 e. The minimum Gasteiger partial charge on any atom is -0.355 e. The van der Waals surface area contributed by atoms with E-state index in [1.807, 2.05) is 17.9 Å². The SMILES string of the molecule is CCN(Cc1ccc(F)c(C#N)c1)[C@@H]1CCNC1=O. The average Bonchev–Trinajstić information content (AvgIpc) is 2.84. The number of likely N-dealkylation sites (N-methyl/N-ethyl adjacent to an activating group) is 1. The molecular weight excluding hydrogens is 245 g/mol. The zero-order valence-corrected chi connectivity index (χ0v) is 10.8. The van der Waals surface area contributed by atoms with Gasteiger partial charge in [0.1, 0.15) is 11.9 Å². The number of carbonyl (C=O) groups is 1. The maximum Gasteiger partial charge on any atom is 0.237 e. The van der Waals surface area contributed by atoms with Crippen LogP contribution in [-0.4, -0.2) is 29.9 Å². The number of halogens is 1. The van der Waals surface area contributed by atoms with Gasteiger partial charge in [-0.3, -0.25) is 9.69 Å². The molecule has 100 valence electrons.